The topological polar surface area (TPSA) is 60.4 Å². The largest absolute Gasteiger partial charge is 0.549 e. The number of phenolic OH excluding ortho intramolecular Hbond substituents is 1. The molecule has 0 fully saturated rings. The van der Waals surface area contributed by atoms with E-state index in [2.05, 4.69) is 41.5 Å². The minimum absolute atomic E-state index is 0.0173. The molecule has 1 aromatic rings. The molecule has 0 spiro atoms. The van der Waals surface area contributed by atoms with Crippen molar-refractivity contribution in [1.29, 1.82) is 0 Å². The molecule has 0 amide bonds. The molecule has 0 heterocycles. The Labute approximate surface area is 131 Å². The Hall–Kier alpha value is -1.16. The van der Waals surface area contributed by atoms with Crippen LogP contribution in [0.2, 0.25) is 0 Å². The fourth-order valence-electron chi connectivity index (χ4n) is 2.17. The number of hydrogen-bond acceptors (Lipinski definition) is 4. The minimum Gasteiger partial charge on any atom is -0.549 e. The Balaban J connectivity index is 3.24. The molecular formula is C17H25O3S-. The summed E-state index contributed by atoms with van der Waals surface area (Å²) < 4.78 is 0. The van der Waals surface area contributed by atoms with E-state index in [1.807, 2.05) is 12.1 Å². The van der Waals surface area contributed by atoms with Crippen LogP contribution in [0, 0.1) is 0 Å². The normalized spacial score (nSPS) is 12.5. The van der Waals surface area contributed by atoms with Crippen LogP contribution in [0.3, 0.4) is 0 Å². The maximum Gasteiger partial charge on any atom is 0.123 e. The number of carboxylic acid groups (broad SMARTS) is 1. The maximum atomic E-state index is 10.6. The first-order valence-electron chi connectivity index (χ1n) is 7.07. The van der Waals surface area contributed by atoms with Gasteiger partial charge in [0, 0.05) is 11.5 Å². The Kier molecular flexibility index (Phi) is 5.37. The summed E-state index contributed by atoms with van der Waals surface area (Å²) in [6.07, 6.45) is 0. The van der Waals surface area contributed by atoms with E-state index in [1.54, 1.807) is 0 Å². The van der Waals surface area contributed by atoms with Crippen LogP contribution in [0.1, 0.15) is 58.2 Å². The van der Waals surface area contributed by atoms with Crippen molar-refractivity contribution in [3.05, 3.63) is 28.8 Å². The summed E-state index contributed by atoms with van der Waals surface area (Å²) in [5.41, 5.74) is 2.50. The molecule has 0 saturated heterocycles. The van der Waals surface area contributed by atoms with Gasteiger partial charge in [-0.25, -0.2) is 0 Å². The van der Waals surface area contributed by atoms with E-state index in [0.29, 0.717) is 11.5 Å². The van der Waals surface area contributed by atoms with Crippen molar-refractivity contribution in [2.45, 2.75) is 58.1 Å². The molecule has 0 atom stereocenters. The number of carbonyl (C=O) groups is 1. The van der Waals surface area contributed by atoms with Crippen LogP contribution in [-0.4, -0.2) is 16.8 Å². The van der Waals surface area contributed by atoms with Gasteiger partial charge < -0.3 is 15.0 Å². The molecule has 1 N–H and O–H groups in total. The summed E-state index contributed by atoms with van der Waals surface area (Å²) in [5.74, 6) is -0.119. The van der Waals surface area contributed by atoms with Crippen LogP contribution in [0.4, 0.5) is 0 Å². The molecule has 4 heteroatoms. The average Bonchev–Trinajstić information content (AvgIpc) is 2.27. The summed E-state index contributed by atoms with van der Waals surface area (Å²) >= 11 is 1.32. The van der Waals surface area contributed by atoms with Gasteiger partial charge in [-0.15, -0.1) is 0 Å². The summed E-state index contributed by atoms with van der Waals surface area (Å²) in [7, 11) is 0. The molecule has 0 unspecified atom stereocenters. The van der Waals surface area contributed by atoms with Gasteiger partial charge in [-0.05, 0) is 27.5 Å². The van der Waals surface area contributed by atoms with Crippen LogP contribution in [-0.2, 0) is 21.4 Å². The third kappa shape index (κ3) is 4.95. The number of thioether (sulfide) groups is 1. The first-order chi connectivity index (χ1) is 9.43. The molecule has 0 bridgehead atoms. The van der Waals surface area contributed by atoms with Crippen molar-refractivity contribution in [3.63, 3.8) is 0 Å². The third-order valence-corrected chi connectivity index (χ3v) is 4.25. The van der Waals surface area contributed by atoms with Gasteiger partial charge in [0.25, 0.3) is 0 Å². The average molecular weight is 309 g/mol. The lowest BCUT2D eigenvalue weighted by Crippen LogP contribution is -2.24. The fraction of sp³-hybridized carbons (Fsp3) is 0.588. The molecule has 0 aliphatic heterocycles. The number of phenols is 1. The van der Waals surface area contributed by atoms with Gasteiger partial charge >= 0.3 is 0 Å². The predicted octanol–water partition coefficient (Wildman–Crippen LogP) is 2.97. The van der Waals surface area contributed by atoms with E-state index < -0.39 is 5.97 Å². The number of benzene rings is 1. The Bertz CT molecular complexity index is 487. The lowest BCUT2D eigenvalue weighted by molar-refractivity contribution is -0.301. The number of carbonyl (C=O) groups excluding carboxylic acids is 1. The highest BCUT2D eigenvalue weighted by Crippen LogP contribution is 2.40. The number of aromatic hydroxyl groups is 1. The molecule has 3 nitrogen and oxygen atoms in total. The second kappa shape index (κ2) is 6.30. The van der Waals surface area contributed by atoms with Crippen LogP contribution in [0.5, 0.6) is 5.75 Å². The first-order valence-corrected chi connectivity index (χ1v) is 8.23. The molecule has 21 heavy (non-hydrogen) atoms. The molecule has 0 aromatic heterocycles. The Morgan fingerprint density at radius 2 is 1.52 bits per heavy atom. The van der Waals surface area contributed by atoms with Gasteiger partial charge in [0.2, 0.25) is 0 Å². The standard InChI is InChI=1S/C17H26O3S/c1-16(2,3)12-7-11(9-21-10-14(18)19)8-13(15(12)20)17(4,5)6/h7-8,20H,9-10H2,1-6H3,(H,18,19)/p-1. The monoisotopic (exact) mass is 309 g/mol. The van der Waals surface area contributed by atoms with Gasteiger partial charge in [0.15, 0.2) is 0 Å². The van der Waals surface area contributed by atoms with E-state index in [1.165, 1.54) is 11.8 Å². The molecule has 0 aliphatic carbocycles. The molecule has 118 valence electrons. The van der Waals surface area contributed by atoms with Crippen LogP contribution in [0.15, 0.2) is 12.1 Å². The van der Waals surface area contributed by atoms with E-state index >= 15 is 0 Å². The molecule has 0 radical (unpaired) electrons. The number of hydrogen-bond donors (Lipinski definition) is 1. The van der Waals surface area contributed by atoms with Crippen molar-refractivity contribution in [1.82, 2.24) is 0 Å². The quantitative estimate of drug-likeness (QED) is 0.929. The summed E-state index contributed by atoms with van der Waals surface area (Å²) in [5, 5.41) is 21.1. The van der Waals surface area contributed by atoms with Gasteiger partial charge in [-0.1, -0.05) is 53.7 Å². The van der Waals surface area contributed by atoms with Crippen LogP contribution >= 0.6 is 11.8 Å². The van der Waals surface area contributed by atoms with Gasteiger partial charge in [-0.2, -0.15) is 11.8 Å². The molecular weight excluding hydrogens is 284 g/mol. The van der Waals surface area contributed by atoms with Crippen LogP contribution < -0.4 is 5.11 Å². The smallest absolute Gasteiger partial charge is 0.123 e. The number of aliphatic carboxylic acids is 1. The van der Waals surface area contributed by atoms with Gasteiger partial charge in [0.1, 0.15) is 5.75 Å². The van der Waals surface area contributed by atoms with Crippen molar-refractivity contribution < 1.29 is 15.0 Å². The summed E-state index contributed by atoms with van der Waals surface area (Å²) in [6.45, 7) is 12.4. The first kappa shape index (κ1) is 17.9. The van der Waals surface area contributed by atoms with Crippen molar-refractivity contribution in [2.24, 2.45) is 0 Å². The fourth-order valence-corrected chi connectivity index (χ4v) is 2.84. The van der Waals surface area contributed by atoms with Crippen molar-refractivity contribution in [3.8, 4) is 5.75 Å². The highest BCUT2D eigenvalue weighted by atomic mass is 32.2. The Morgan fingerprint density at radius 3 is 1.86 bits per heavy atom. The van der Waals surface area contributed by atoms with E-state index in [-0.39, 0.29) is 16.6 Å². The van der Waals surface area contributed by atoms with E-state index in [9.17, 15) is 15.0 Å². The molecule has 1 rings (SSSR count). The zero-order valence-electron chi connectivity index (χ0n) is 13.7. The Morgan fingerprint density at radius 1 is 1.10 bits per heavy atom. The lowest BCUT2D eigenvalue weighted by Gasteiger charge is -2.28. The summed E-state index contributed by atoms with van der Waals surface area (Å²) in [6, 6.07) is 3.96. The molecule has 1 aromatic carbocycles. The van der Waals surface area contributed by atoms with Gasteiger partial charge in [-0.3, -0.25) is 0 Å². The number of rotatable bonds is 4. The minimum atomic E-state index is -1.05. The lowest BCUT2D eigenvalue weighted by atomic mass is 9.78. The van der Waals surface area contributed by atoms with Gasteiger partial charge in [0.05, 0.1) is 5.97 Å². The highest BCUT2D eigenvalue weighted by molar-refractivity contribution is 7.99. The van der Waals surface area contributed by atoms with Crippen molar-refractivity contribution in [2.75, 3.05) is 5.75 Å². The molecule has 0 saturated carbocycles. The zero-order valence-corrected chi connectivity index (χ0v) is 14.6. The van der Waals surface area contributed by atoms with Crippen molar-refractivity contribution >= 4 is 17.7 Å². The SMILES string of the molecule is CC(C)(C)c1cc(CSCC(=O)[O-])cc(C(C)(C)C)c1O. The van der Waals surface area contributed by atoms with Crippen LogP contribution in [0.25, 0.3) is 0 Å². The van der Waals surface area contributed by atoms with E-state index in [4.69, 9.17) is 0 Å². The second-order valence-corrected chi connectivity index (χ2v) is 8.39. The highest BCUT2D eigenvalue weighted by Gasteiger charge is 2.26. The maximum absolute atomic E-state index is 10.6. The zero-order chi connectivity index (χ0) is 16.4. The summed E-state index contributed by atoms with van der Waals surface area (Å²) in [4.78, 5) is 10.5. The number of carboxylic acids is 1. The molecule has 0 aliphatic rings. The third-order valence-electron chi connectivity index (χ3n) is 3.27. The second-order valence-electron chi connectivity index (χ2n) is 7.40. The predicted molar refractivity (Wildman–Crippen MR) is 86.7 cm³/mol. The van der Waals surface area contributed by atoms with E-state index in [0.717, 1.165) is 16.7 Å².